The fraction of sp³-hybridized carbons (Fsp3) is 0.176. The molecule has 1 fully saturated rings. The average Bonchev–Trinajstić information content (AvgIpc) is 2.76. The lowest BCUT2D eigenvalue weighted by Gasteiger charge is -2.16. The largest absolute Gasteiger partial charge is 0.373 e. The first-order valence-electron chi connectivity index (χ1n) is 7.04. The number of nitrogens with one attached hydrogen (secondary N) is 1. The number of benzene rings is 2. The molecule has 1 aliphatic rings. The minimum Gasteiger partial charge on any atom is -0.373 e. The summed E-state index contributed by atoms with van der Waals surface area (Å²) in [6.45, 7) is 0.312. The summed E-state index contributed by atoms with van der Waals surface area (Å²) in [6.07, 6.45) is 0.165. The van der Waals surface area contributed by atoms with Gasteiger partial charge in [-0.05, 0) is 23.8 Å². The summed E-state index contributed by atoms with van der Waals surface area (Å²) in [5.74, 6) is -0.359. The number of anilines is 1. The maximum Gasteiger partial charge on any atom is 0.252 e. The topological polar surface area (TPSA) is 49.4 Å². The molecule has 0 spiro atoms. The lowest BCUT2D eigenvalue weighted by atomic mass is 10.2. The van der Waals surface area contributed by atoms with Crippen molar-refractivity contribution >= 4 is 29.1 Å². The molecule has 2 amide bonds. The molecule has 3 rings (SSSR count). The van der Waals surface area contributed by atoms with Gasteiger partial charge in [0, 0.05) is 10.7 Å². The van der Waals surface area contributed by atoms with Crippen molar-refractivity contribution in [2.24, 2.45) is 0 Å². The Morgan fingerprint density at radius 2 is 1.86 bits per heavy atom. The Morgan fingerprint density at radius 1 is 1.09 bits per heavy atom. The van der Waals surface area contributed by atoms with E-state index in [1.54, 1.807) is 18.2 Å². The molecule has 0 bridgehead atoms. The Labute approximate surface area is 133 Å². The van der Waals surface area contributed by atoms with Gasteiger partial charge in [0.1, 0.15) is 6.04 Å². The predicted molar refractivity (Wildman–Crippen MR) is 85.5 cm³/mol. The second-order valence-electron chi connectivity index (χ2n) is 5.22. The van der Waals surface area contributed by atoms with Gasteiger partial charge >= 0.3 is 0 Å². The van der Waals surface area contributed by atoms with Crippen molar-refractivity contribution in [1.29, 1.82) is 0 Å². The lowest BCUT2D eigenvalue weighted by Crippen LogP contribution is -2.34. The molecule has 1 heterocycles. The van der Waals surface area contributed by atoms with Crippen molar-refractivity contribution in [2.75, 3.05) is 5.32 Å². The van der Waals surface area contributed by atoms with E-state index in [0.717, 1.165) is 11.3 Å². The van der Waals surface area contributed by atoms with Crippen LogP contribution in [0, 0.1) is 0 Å². The maximum absolute atomic E-state index is 12.4. The molecule has 1 atom stereocenters. The van der Waals surface area contributed by atoms with Gasteiger partial charge in [0.05, 0.1) is 13.0 Å². The molecule has 22 heavy (non-hydrogen) atoms. The minimum atomic E-state index is -0.533. The molecule has 0 aliphatic carbocycles. The van der Waals surface area contributed by atoms with Crippen molar-refractivity contribution < 1.29 is 9.59 Å². The Bertz CT molecular complexity index is 703. The average molecular weight is 315 g/mol. The predicted octanol–water partition coefficient (Wildman–Crippen LogP) is 3.08. The molecule has 1 N–H and O–H groups in total. The standard InChI is InChI=1S/C17H15ClN2O2/c18-13-7-4-8-14(9-13)19-15-10-16(21)20(17(15)22)11-12-5-2-1-3-6-12/h1-9,15,19H,10-11H2. The molecule has 0 radical (unpaired) electrons. The van der Waals surface area contributed by atoms with Gasteiger partial charge in [0.15, 0.2) is 0 Å². The third-order valence-electron chi connectivity index (χ3n) is 3.59. The molecule has 0 aromatic heterocycles. The van der Waals surface area contributed by atoms with E-state index in [9.17, 15) is 9.59 Å². The molecule has 4 nitrogen and oxygen atoms in total. The number of carbonyl (C=O) groups is 2. The van der Waals surface area contributed by atoms with Crippen LogP contribution >= 0.6 is 11.6 Å². The smallest absolute Gasteiger partial charge is 0.252 e. The van der Waals surface area contributed by atoms with Crippen molar-refractivity contribution in [1.82, 2.24) is 4.90 Å². The highest BCUT2D eigenvalue weighted by Gasteiger charge is 2.38. The molecular weight excluding hydrogens is 300 g/mol. The Hall–Kier alpha value is -2.33. The van der Waals surface area contributed by atoms with Crippen LogP contribution in [-0.2, 0) is 16.1 Å². The first kappa shape index (κ1) is 14.6. The van der Waals surface area contributed by atoms with E-state index in [2.05, 4.69) is 5.32 Å². The monoisotopic (exact) mass is 314 g/mol. The third kappa shape index (κ3) is 3.12. The summed E-state index contributed by atoms with van der Waals surface area (Å²) in [4.78, 5) is 25.8. The normalized spacial score (nSPS) is 17.9. The van der Waals surface area contributed by atoms with Crippen LogP contribution in [-0.4, -0.2) is 22.8 Å². The quantitative estimate of drug-likeness (QED) is 0.882. The second kappa shape index (κ2) is 6.20. The molecular formula is C17H15ClN2O2. The number of amides is 2. The fourth-order valence-electron chi connectivity index (χ4n) is 2.51. The number of carbonyl (C=O) groups excluding carboxylic acids is 2. The highest BCUT2D eigenvalue weighted by atomic mass is 35.5. The van der Waals surface area contributed by atoms with Crippen LogP contribution in [0.1, 0.15) is 12.0 Å². The van der Waals surface area contributed by atoms with Crippen LogP contribution in [0.25, 0.3) is 0 Å². The van der Waals surface area contributed by atoms with Gasteiger partial charge in [-0.25, -0.2) is 0 Å². The van der Waals surface area contributed by atoms with E-state index in [1.807, 2.05) is 36.4 Å². The van der Waals surface area contributed by atoms with Crippen LogP contribution in [0.2, 0.25) is 5.02 Å². The van der Waals surface area contributed by atoms with E-state index in [4.69, 9.17) is 11.6 Å². The Morgan fingerprint density at radius 3 is 2.59 bits per heavy atom. The summed E-state index contributed by atoms with van der Waals surface area (Å²) >= 11 is 5.93. The summed E-state index contributed by atoms with van der Waals surface area (Å²) < 4.78 is 0. The minimum absolute atomic E-state index is 0.159. The molecule has 5 heteroatoms. The Balaban J connectivity index is 1.71. The number of hydrogen-bond acceptors (Lipinski definition) is 3. The van der Waals surface area contributed by atoms with Crippen molar-refractivity contribution in [3.05, 3.63) is 65.2 Å². The van der Waals surface area contributed by atoms with Crippen LogP contribution in [0.3, 0.4) is 0 Å². The number of likely N-dealkylation sites (tertiary alicyclic amines) is 1. The number of rotatable bonds is 4. The third-order valence-corrected chi connectivity index (χ3v) is 3.83. The van der Waals surface area contributed by atoms with E-state index >= 15 is 0 Å². The summed E-state index contributed by atoms with van der Waals surface area (Å²) in [5, 5.41) is 3.67. The first-order chi connectivity index (χ1) is 10.6. The first-order valence-corrected chi connectivity index (χ1v) is 7.41. The van der Waals surface area contributed by atoms with Crippen LogP contribution in [0.5, 0.6) is 0 Å². The Kier molecular flexibility index (Phi) is 4.11. The van der Waals surface area contributed by atoms with E-state index < -0.39 is 6.04 Å². The zero-order valence-corrected chi connectivity index (χ0v) is 12.6. The van der Waals surface area contributed by atoms with Crippen molar-refractivity contribution in [3.63, 3.8) is 0 Å². The summed E-state index contributed by atoms with van der Waals surface area (Å²) in [6, 6.07) is 16.1. The molecule has 1 aliphatic heterocycles. The van der Waals surface area contributed by atoms with Gasteiger partial charge in [0.25, 0.3) is 5.91 Å². The number of halogens is 1. The molecule has 112 valence electrons. The molecule has 1 unspecified atom stereocenters. The van der Waals surface area contributed by atoms with E-state index in [-0.39, 0.29) is 18.2 Å². The van der Waals surface area contributed by atoms with Gasteiger partial charge in [-0.15, -0.1) is 0 Å². The van der Waals surface area contributed by atoms with Crippen LogP contribution in [0.4, 0.5) is 5.69 Å². The number of nitrogens with zero attached hydrogens (tertiary/aromatic N) is 1. The number of hydrogen-bond donors (Lipinski definition) is 1. The molecule has 2 aromatic carbocycles. The van der Waals surface area contributed by atoms with E-state index in [0.29, 0.717) is 11.6 Å². The lowest BCUT2D eigenvalue weighted by molar-refractivity contribution is -0.139. The molecule has 2 aromatic rings. The highest BCUT2D eigenvalue weighted by molar-refractivity contribution is 6.30. The maximum atomic E-state index is 12.4. The summed E-state index contributed by atoms with van der Waals surface area (Å²) in [7, 11) is 0. The van der Waals surface area contributed by atoms with Crippen LogP contribution < -0.4 is 5.32 Å². The SMILES string of the molecule is O=C1CC(Nc2cccc(Cl)c2)C(=O)N1Cc1ccccc1. The van der Waals surface area contributed by atoms with Crippen molar-refractivity contribution in [2.45, 2.75) is 19.0 Å². The molecule has 0 saturated carbocycles. The van der Waals surface area contributed by atoms with Crippen LogP contribution in [0.15, 0.2) is 54.6 Å². The second-order valence-corrected chi connectivity index (χ2v) is 5.65. The van der Waals surface area contributed by atoms with Gasteiger partial charge in [-0.2, -0.15) is 0 Å². The zero-order valence-electron chi connectivity index (χ0n) is 11.8. The number of imide groups is 1. The van der Waals surface area contributed by atoms with Crippen molar-refractivity contribution in [3.8, 4) is 0 Å². The zero-order chi connectivity index (χ0) is 15.5. The molecule has 1 saturated heterocycles. The van der Waals surface area contributed by atoms with Gasteiger partial charge < -0.3 is 5.32 Å². The van der Waals surface area contributed by atoms with Gasteiger partial charge in [-0.3, -0.25) is 14.5 Å². The van der Waals surface area contributed by atoms with Gasteiger partial charge in [-0.1, -0.05) is 48.0 Å². The van der Waals surface area contributed by atoms with Gasteiger partial charge in [0.2, 0.25) is 5.91 Å². The highest BCUT2D eigenvalue weighted by Crippen LogP contribution is 2.22. The fourth-order valence-corrected chi connectivity index (χ4v) is 2.70. The summed E-state index contributed by atoms with van der Waals surface area (Å²) in [5.41, 5.74) is 1.67. The van der Waals surface area contributed by atoms with E-state index in [1.165, 1.54) is 4.90 Å².